The summed E-state index contributed by atoms with van der Waals surface area (Å²) in [6, 6.07) is 16.4. The SMILES string of the molecule is COc1cc(N=Nc2ccc3c(S(=O)(=O)[O-])cc(S(=O)(=O)[O-])cc3c2)ccc1N=Nc1c(S(=O)(=O)[O-])cc2cc(SOO[O-])c(N=Nc3ccccc3NS(C)(O)O)c(O)c2c1O.[Na+].[Na+].[Na+].[Na+]. The Hall–Kier alpha value is -1.93. The molecule has 24 nitrogen and oxygen atoms in total. The normalized spacial score (nSPS) is 12.4. The fourth-order valence-electron chi connectivity index (χ4n) is 5.66. The molecule has 0 heterocycles. The number of benzene rings is 6. The fraction of sp³-hybridized carbons (Fsp3) is 0.0588. The predicted octanol–water partition coefficient (Wildman–Crippen LogP) is -4.67. The average Bonchev–Trinajstić information content (AvgIpc) is 3.19. The van der Waals surface area contributed by atoms with Crippen LogP contribution in [0.5, 0.6) is 17.2 Å². The number of aromatic hydroxyl groups is 2. The summed E-state index contributed by atoms with van der Waals surface area (Å²) in [5.74, 6) is -2.06. The molecule has 0 radical (unpaired) electrons. The summed E-state index contributed by atoms with van der Waals surface area (Å²) in [4.78, 5) is -3.26. The molecule has 0 unspecified atom stereocenters. The maximum Gasteiger partial charge on any atom is 1.00 e. The largest absolute Gasteiger partial charge is 1.00 e. The predicted molar refractivity (Wildman–Crippen MR) is 218 cm³/mol. The van der Waals surface area contributed by atoms with E-state index in [9.17, 15) is 63.5 Å². The number of para-hydroxylation sites is 1. The van der Waals surface area contributed by atoms with Crippen LogP contribution >= 0.6 is 22.8 Å². The quantitative estimate of drug-likeness (QED) is 0.0161. The number of hydrogen-bond donors (Lipinski definition) is 5. The zero-order chi connectivity index (χ0) is 46.1. The Balaban J connectivity index is 0.00000385. The topological polar surface area (TPSA) is 389 Å². The van der Waals surface area contributed by atoms with Crippen molar-refractivity contribution in [1.29, 1.82) is 0 Å². The van der Waals surface area contributed by atoms with E-state index in [1.807, 2.05) is 0 Å². The van der Waals surface area contributed by atoms with Gasteiger partial charge in [0.15, 0.2) is 11.5 Å². The Labute approximate surface area is 474 Å². The molecule has 0 amide bonds. The second-order valence-electron chi connectivity index (χ2n) is 12.6. The van der Waals surface area contributed by atoms with Crippen LogP contribution in [0.2, 0.25) is 0 Å². The van der Waals surface area contributed by atoms with Gasteiger partial charge in [0.25, 0.3) is 0 Å². The molecule has 0 aliphatic rings. The molecule has 33 heteroatoms. The van der Waals surface area contributed by atoms with Crippen LogP contribution in [-0.4, -0.2) is 71.6 Å². The molecule has 0 saturated carbocycles. The van der Waals surface area contributed by atoms with Crippen LogP contribution in [0, 0.1) is 0 Å². The first-order valence-electron chi connectivity index (χ1n) is 16.7. The van der Waals surface area contributed by atoms with Crippen LogP contribution in [0.1, 0.15) is 0 Å². The zero-order valence-corrected chi connectivity index (χ0v) is 47.5. The molecule has 0 saturated heterocycles. The standard InChI is InChI=1S/C34H29N7O17S5.4Na/c1-56-26-15-20(36-35-19-7-9-22-17(11-19)12-21(61(47,48)49)16-28(22)62(50,51)52)8-10-25(26)38-40-32-29(63(53,54)55)14-18-13-27(59-58-57-44)31(33(42)30(18)34(32)43)39-37-23-5-3-4-6-24(23)41-60(2,45)46;;;;/h3-16,41-46H,1-2H3,(H,47,48,49)(H,50,51,52)(H,53,54,55);;;;/q;4*+1/p-4. The zero-order valence-electron chi connectivity index (χ0n) is 35.4. The summed E-state index contributed by atoms with van der Waals surface area (Å²) in [6.45, 7) is 0. The van der Waals surface area contributed by atoms with Crippen LogP contribution in [-0.2, 0) is 39.7 Å². The van der Waals surface area contributed by atoms with Gasteiger partial charge < -0.3 is 33.9 Å². The van der Waals surface area contributed by atoms with E-state index < -0.39 is 84.1 Å². The summed E-state index contributed by atoms with van der Waals surface area (Å²) in [5, 5.41) is 59.6. The number of anilines is 1. The van der Waals surface area contributed by atoms with Crippen LogP contribution in [0.15, 0.2) is 135 Å². The van der Waals surface area contributed by atoms with Crippen molar-refractivity contribution in [3.63, 3.8) is 0 Å². The van der Waals surface area contributed by atoms with E-state index in [0.29, 0.717) is 6.07 Å². The Morgan fingerprint density at radius 3 is 1.81 bits per heavy atom. The molecule has 0 aromatic heterocycles. The van der Waals surface area contributed by atoms with Crippen LogP contribution in [0.3, 0.4) is 0 Å². The maximum absolute atomic E-state index is 12.5. The molecule has 0 fully saturated rings. The number of methoxy groups -OCH3 is 1. The number of ether oxygens (including phenoxy) is 1. The number of nitrogens with one attached hydrogen (secondary N) is 1. The van der Waals surface area contributed by atoms with E-state index in [4.69, 9.17) is 4.74 Å². The van der Waals surface area contributed by atoms with Crippen molar-refractivity contribution in [2.75, 3.05) is 18.1 Å². The van der Waals surface area contributed by atoms with Gasteiger partial charge in [-0.15, -0.1) is 31.2 Å². The molecule has 5 N–H and O–H groups in total. The van der Waals surface area contributed by atoms with Gasteiger partial charge >= 0.3 is 118 Å². The first kappa shape index (κ1) is 61.2. The third-order valence-corrected chi connectivity index (χ3v) is 12.0. The smallest absolute Gasteiger partial charge is 0.744 e. The summed E-state index contributed by atoms with van der Waals surface area (Å²) in [7, 11) is -17.9. The fourth-order valence-corrected chi connectivity index (χ4v) is 8.72. The minimum Gasteiger partial charge on any atom is -0.744 e. The van der Waals surface area contributed by atoms with Gasteiger partial charge in [-0.1, -0.05) is 18.2 Å². The minimum atomic E-state index is -5.46. The van der Waals surface area contributed by atoms with Crippen molar-refractivity contribution in [3.05, 3.63) is 84.9 Å². The monoisotopic (exact) mass is 1050 g/mol. The van der Waals surface area contributed by atoms with E-state index in [1.165, 1.54) is 55.6 Å². The number of azo groups is 3. The van der Waals surface area contributed by atoms with Crippen molar-refractivity contribution in [2.45, 2.75) is 19.6 Å². The van der Waals surface area contributed by atoms with Crippen LogP contribution in [0.25, 0.3) is 21.5 Å². The van der Waals surface area contributed by atoms with Gasteiger partial charge in [-0.25, -0.2) is 25.3 Å². The molecule has 0 aliphatic heterocycles. The van der Waals surface area contributed by atoms with Gasteiger partial charge in [0, 0.05) is 12.3 Å². The van der Waals surface area contributed by atoms with Crippen molar-refractivity contribution in [1.82, 2.24) is 0 Å². The molecule has 6 aromatic rings. The van der Waals surface area contributed by atoms with Gasteiger partial charge in [0.1, 0.15) is 58.9 Å². The van der Waals surface area contributed by atoms with E-state index >= 15 is 0 Å². The molecule has 0 atom stereocenters. The number of phenolic OH excluding ortho intramolecular Hbond substituents is 2. The average molecular weight is 1060 g/mol. The van der Waals surface area contributed by atoms with Crippen molar-refractivity contribution in [3.8, 4) is 17.2 Å². The molecule has 6 rings (SSSR count). The Morgan fingerprint density at radius 1 is 0.627 bits per heavy atom. The number of rotatable bonds is 15. The summed E-state index contributed by atoms with van der Waals surface area (Å²) < 4.78 is 140. The number of hydrogen-bond acceptors (Lipinski definition) is 25. The molecule has 332 valence electrons. The number of fused-ring (bicyclic) bond motifs is 2. The van der Waals surface area contributed by atoms with E-state index in [0.717, 1.165) is 30.5 Å². The molecule has 0 aliphatic carbocycles. The molecule has 0 spiro atoms. The van der Waals surface area contributed by atoms with Crippen molar-refractivity contribution < 1.29 is 196 Å². The Kier molecular flexibility index (Phi) is 22.8. The van der Waals surface area contributed by atoms with Gasteiger partial charge in [-0.3, -0.25) is 18.9 Å². The molecule has 67 heavy (non-hydrogen) atoms. The van der Waals surface area contributed by atoms with Crippen molar-refractivity contribution >= 4 is 115 Å². The van der Waals surface area contributed by atoms with Crippen LogP contribution < -0.4 is 133 Å². The first-order chi connectivity index (χ1) is 29.5. The molecular formula is C34H25N7Na4O17S5. The van der Waals surface area contributed by atoms with Gasteiger partial charge in [0.2, 0.25) is 0 Å². The first-order valence-corrected chi connectivity index (χ1v) is 23.6. The van der Waals surface area contributed by atoms with Gasteiger partial charge in [0.05, 0.1) is 61.2 Å². The maximum atomic E-state index is 12.5. The minimum absolute atomic E-state index is 0. The Morgan fingerprint density at radius 2 is 1.21 bits per heavy atom. The van der Waals surface area contributed by atoms with Gasteiger partial charge in [-0.2, -0.15) is 14.6 Å². The summed E-state index contributed by atoms with van der Waals surface area (Å²) in [6.07, 6.45) is 1.11. The van der Waals surface area contributed by atoms with Gasteiger partial charge in [-0.05, 0) is 76.8 Å². The van der Waals surface area contributed by atoms with E-state index in [-0.39, 0.29) is 186 Å². The Bertz CT molecular complexity index is 3260. The third-order valence-electron chi connectivity index (χ3n) is 8.27. The molecular weight excluding hydrogens is 1030 g/mol. The summed E-state index contributed by atoms with van der Waals surface area (Å²) in [5.41, 5.74) is -1.36. The van der Waals surface area contributed by atoms with E-state index in [2.05, 4.69) is 44.8 Å². The third kappa shape index (κ3) is 15.3. The number of nitrogens with zero attached hydrogens (tertiary/aromatic N) is 6. The summed E-state index contributed by atoms with van der Waals surface area (Å²) >= 11 is 0.186. The van der Waals surface area contributed by atoms with Crippen molar-refractivity contribution in [2.24, 2.45) is 30.7 Å². The molecule has 0 bridgehead atoms. The number of phenols is 2. The molecule has 6 aromatic carbocycles. The van der Waals surface area contributed by atoms with Crippen LogP contribution in [0.4, 0.5) is 39.8 Å². The second-order valence-corrected chi connectivity index (χ2v) is 19.2. The van der Waals surface area contributed by atoms with E-state index in [1.54, 1.807) is 6.07 Å². The second kappa shape index (κ2) is 24.9.